The average molecular weight is 249 g/mol. The number of hydrogen-bond acceptors (Lipinski definition) is 2. The fourth-order valence-corrected chi connectivity index (χ4v) is 2.32. The summed E-state index contributed by atoms with van der Waals surface area (Å²) in [5.74, 6) is -0.792. The van der Waals surface area contributed by atoms with Gasteiger partial charge >= 0.3 is 5.97 Å². The first kappa shape index (κ1) is 14.7. The molecule has 1 aromatic rings. The first-order valence-corrected chi connectivity index (χ1v) is 6.20. The molecule has 0 aliphatic carbocycles. The van der Waals surface area contributed by atoms with Crippen LogP contribution in [-0.2, 0) is 4.79 Å². The minimum Gasteiger partial charge on any atom is -0.481 e. The van der Waals surface area contributed by atoms with E-state index in [1.54, 1.807) is 13.8 Å². The predicted molar refractivity (Wildman–Crippen MR) is 73.9 cm³/mol. The molecule has 1 unspecified atom stereocenters. The highest BCUT2D eigenvalue weighted by atomic mass is 16.4. The van der Waals surface area contributed by atoms with Crippen LogP contribution in [0.1, 0.15) is 42.1 Å². The van der Waals surface area contributed by atoms with Gasteiger partial charge in [0.15, 0.2) is 0 Å². The van der Waals surface area contributed by atoms with Crippen LogP contribution in [0.3, 0.4) is 0 Å². The molecule has 1 atom stereocenters. The second-order valence-electron chi connectivity index (χ2n) is 5.47. The molecule has 100 valence electrons. The molecule has 3 heteroatoms. The third-order valence-electron chi connectivity index (χ3n) is 3.97. The van der Waals surface area contributed by atoms with Crippen LogP contribution in [0.25, 0.3) is 0 Å². The Morgan fingerprint density at radius 3 is 2.22 bits per heavy atom. The van der Waals surface area contributed by atoms with Crippen LogP contribution >= 0.6 is 0 Å². The van der Waals surface area contributed by atoms with Crippen LogP contribution in [0.5, 0.6) is 0 Å². The second kappa shape index (κ2) is 5.11. The lowest BCUT2D eigenvalue weighted by atomic mass is 9.78. The molecule has 0 spiro atoms. The maximum atomic E-state index is 11.4. The number of nitrogens with one attached hydrogen (secondary N) is 1. The largest absolute Gasteiger partial charge is 0.481 e. The summed E-state index contributed by atoms with van der Waals surface area (Å²) >= 11 is 0. The minimum absolute atomic E-state index is 0.200. The number of benzene rings is 1. The van der Waals surface area contributed by atoms with Crippen molar-refractivity contribution in [2.24, 2.45) is 5.41 Å². The van der Waals surface area contributed by atoms with E-state index in [0.717, 1.165) is 5.56 Å². The summed E-state index contributed by atoms with van der Waals surface area (Å²) in [7, 11) is 1.81. The van der Waals surface area contributed by atoms with E-state index < -0.39 is 11.4 Å². The van der Waals surface area contributed by atoms with E-state index in [0.29, 0.717) is 0 Å². The molecule has 18 heavy (non-hydrogen) atoms. The van der Waals surface area contributed by atoms with E-state index in [2.05, 4.69) is 32.2 Å². The normalized spacial score (nSPS) is 13.4. The standard InChI is InChI=1S/C15H23NO2/c1-9-7-8-12(11(3)10(9)2)13(16-6)15(4,5)14(17)18/h7-8,13,16H,1-6H3,(H,17,18). The van der Waals surface area contributed by atoms with Gasteiger partial charge in [0, 0.05) is 6.04 Å². The van der Waals surface area contributed by atoms with Gasteiger partial charge in [0.05, 0.1) is 5.41 Å². The van der Waals surface area contributed by atoms with Crippen LogP contribution in [0.15, 0.2) is 12.1 Å². The zero-order valence-electron chi connectivity index (χ0n) is 12.1. The van der Waals surface area contributed by atoms with Crippen LogP contribution in [-0.4, -0.2) is 18.1 Å². The lowest BCUT2D eigenvalue weighted by Gasteiger charge is -2.32. The molecule has 0 amide bonds. The molecular formula is C15H23NO2. The molecule has 0 aliphatic rings. The summed E-state index contributed by atoms with van der Waals surface area (Å²) in [4.78, 5) is 11.4. The van der Waals surface area contributed by atoms with Crippen molar-refractivity contribution in [3.8, 4) is 0 Å². The molecule has 0 bridgehead atoms. The zero-order valence-corrected chi connectivity index (χ0v) is 12.1. The quantitative estimate of drug-likeness (QED) is 0.862. The molecule has 3 nitrogen and oxygen atoms in total. The summed E-state index contributed by atoms with van der Waals surface area (Å²) in [6.07, 6.45) is 0. The number of hydrogen-bond donors (Lipinski definition) is 2. The molecule has 0 aliphatic heterocycles. The van der Waals surface area contributed by atoms with Gasteiger partial charge in [-0.3, -0.25) is 4.79 Å². The highest BCUT2D eigenvalue weighted by molar-refractivity contribution is 5.75. The van der Waals surface area contributed by atoms with Crippen molar-refractivity contribution >= 4 is 5.97 Å². The Labute approximate surface area is 109 Å². The van der Waals surface area contributed by atoms with Gasteiger partial charge in [-0.15, -0.1) is 0 Å². The van der Waals surface area contributed by atoms with Crippen molar-refractivity contribution < 1.29 is 9.90 Å². The molecular weight excluding hydrogens is 226 g/mol. The van der Waals surface area contributed by atoms with Crippen LogP contribution in [0, 0.1) is 26.2 Å². The van der Waals surface area contributed by atoms with Crippen molar-refractivity contribution in [2.45, 2.75) is 40.7 Å². The first-order valence-electron chi connectivity index (χ1n) is 6.20. The van der Waals surface area contributed by atoms with Crippen molar-refractivity contribution in [1.82, 2.24) is 5.32 Å². The van der Waals surface area contributed by atoms with Crippen molar-refractivity contribution in [1.29, 1.82) is 0 Å². The van der Waals surface area contributed by atoms with Crippen molar-refractivity contribution in [3.63, 3.8) is 0 Å². The van der Waals surface area contributed by atoms with Gasteiger partial charge in [-0.05, 0) is 63.9 Å². The Kier molecular flexibility index (Phi) is 4.17. The van der Waals surface area contributed by atoms with Gasteiger partial charge in [-0.2, -0.15) is 0 Å². The summed E-state index contributed by atoms with van der Waals surface area (Å²) in [5, 5.41) is 12.5. The number of carbonyl (C=O) groups is 1. The highest BCUT2D eigenvalue weighted by Crippen LogP contribution is 2.36. The monoisotopic (exact) mass is 249 g/mol. The van der Waals surface area contributed by atoms with Gasteiger partial charge < -0.3 is 10.4 Å². The Morgan fingerprint density at radius 2 is 1.78 bits per heavy atom. The molecule has 0 heterocycles. The average Bonchev–Trinajstić information content (AvgIpc) is 2.29. The predicted octanol–water partition coefficient (Wildman–Crippen LogP) is 2.98. The molecule has 0 fully saturated rings. The lowest BCUT2D eigenvalue weighted by Crippen LogP contribution is -2.38. The third kappa shape index (κ3) is 2.41. The van der Waals surface area contributed by atoms with Gasteiger partial charge in [0.25, 0.3) is 0 Å². The Bertz CT molecular complexity index is 464. The van der Waals surface area contributed by atoms with Crippen LogP contribution < -0.4 is 5.32 Å². The Hall–Kier alpha value is -1.35. The van der Waals surface area contributed by atoms with Crippen LogP contribution in [0.2, 0.25) is 0 Å². The van der Waals surface area contributed by atoms with E-state index in [4.69, 9.17) is 0 Å². The number of aryl methyl sites for hydroxylation is 1. The number of carboxylic acid groups (broad SMARTS) is 1. The molecule has 0 aromatic heterocycles. The van der Waals surface area contributed by atoms with Gasteiger partial charge in [0.1, 0.15) is 0 Å². The van der Waals surface area contributed by atoms with Crippen molar-refractivity contribution in [3.05, 3.63) is 34.4 Å². The summed E-state index contributed by atoms with van der Waals surface area (Å²) < 4.78 is 0. The summed E-state index contributed by atoms with van der Waals surface area (Å²) in [5.41, 5.74) is 3.85. The third-order valence-corrected chi connectivity index (χ3v) is 3.97. The van der Waals surface area contributed by atoms with Crippen LogP contribution in [0.4, 0.5) is 0 Å². The van der Waals surface area contributed by atoms with E-state index in [-0.39, 0.29) is 6.04 Å². The SMILES string of the molecule is CNC(c1ccc(C)c(C)c1C)C(C)(C)C(=O)O. The van der Waals surface area contributed by atoms with E-state index in [1.807, 2.05) is 13.1 Å². The molecule has 0 saturated carbocycles. The summed E-state index contributed by atoms with van der Waals surface area (Å²) in [6, 6.07) is 3.89. The number of aliphatic carboxylic acids is 1. The molecule has 2 N–H and O–H groups in total. The van der Waals surface area contributed by atoms with E-state index in [1.165, 1.54) is 16.7 Å². The molecule has 0 saturated heterocycles. The number of carboxylic acids is 1. The van der Waals surface area contributed by atoms with Gasteiger partial charge in [0.2, 0.25) is 0 Å². The van der Waals surface area contributed by atoms with E-state index in [9.17, 15) is 9.90 Å². The molecule has 1 aromatic carbocycles. The minimum atomic E-state index is -0.846. The number of rotatable bonds is 4. The molecule has 0 radical (unpaired) electrons. The van der Waals surface area contributed by atoms with Gasteiger partial charge in [-0.1, -0.05) is 12.1 Å². The summed E-state index contributed by atoms with van der Waals surface area (Å²) in [6.45, 7) is 9.72. The first-order chi connectivity index (χ1) is 8.23. The lowest BCUT2D eigenvalue weighted by molar-refractivity contribution is -0.148. The van der Waals surface area contributed by atoms with Crippen molar-refractivity contribution in [2.75, 3.05) is 7.05 Å². The Balaban J connectivity index is 3.35. The maximum absolute atomic E-state index is 11.4. The highest BCUT2D eigenvalue weighted by Gasteiger charge is 2.37. The smallest absolute Gasteiger partial charge is 0.311 e. The fraction of sp³-hybridized carbons (Fsp3) is 0.533. The fourth-order valence-electron chi connectivity index (χ4n) is 2.32. The maximum Gasteiger partial charge on any atom is 0.311 e. The topological polar surface area (TPSA) is 49.3 Å². The van der Waals surface area contributed by atoms with E-state index >= 15 is 0 Å². The zero-order chi connectivity index (χ0) is 14.1. The molecule has 1 rings (SSSR count). The van der Waals surface area contributed by atoms with Gasteiger partial charge in [-0.25, -0.2) is 0 Å². The Morgan fingerprint density at radius 1 is 1.22 bits per heavy atom. The second-order valence-corrected chi connectivity index (χ2v) is 5.47.